The van der Waals surface area contributed by atoms with E-state index in [1.54, 1.807) is 29.4 Å². The fourth-order valence-electron chi connectivity index (χ4n) is 3.11. The lowest BCUT2D eigenvalue weighted by molar-refractivity contribution is 0.0950. The zero-order valence-electron chi connectivity index (χ0n) is 13.2. The number of benzene rings is 1. The predicted octanol–water partition coefficient (Wildman–Crippen LogP) is 3.99. The molecule has 0 saturated heterocycles. The van der Waals surface area contributed by atoms with Crippen LogP contribution >= 0.6 is 23.1 Å². The molecule has 1 aromatic carbocycles. The second-order valence-corrected chi connectivity index (χ2v) is 7.85. The number of hydrogen-bond donors (Lipinski definition) is 1. The Hall–Kier alpha value is -1.99. The van der Waals surface area contributed by atoms with Crippen molar-refractivity contribution in [2.75, 3.05) is 0 Å². The molecule has 0 aliphatic heterocycles. The van der Waals surface area contributed by atoms with Crippen LogP contribution in [0.3, 0.4) is 0 Å². The maximum atomic E-state index is 12.7. The molecule has 4 rings (SSSR count). The number of nitrogens with zero attached hydrogens (tertiary/aromatic N) is 3. The lowest BCUT2D eigenvalue weighted by Crippen LogP contribution is -2.20. The Morgan fingerprint density at radius 2 is 2.25 bits per heavy atom. The highest BCUT2D eigenvalue weighted by atomic mass is 32.2. The molecule has 1 atom stereocenters. The van der Waals surface area contributed by atoms with Crippen LogP contribution in [0.2, 0.25) is 0 Å². The monoisotopic (exact) mass is 356 g/mol. The molecule has 1 aliphatic carbocycles. The van der Waals surface area contributed by atoms with Crippen molar-refractivity contribution in [2.24, 2.45) is 5.92 Å². The Bertz CT molecular complexity index is 859. The summed E-state index contributed by atoms with van der Waals surface area (Å²) >= 11 is 3.24. The zero-order chi connectivity index (χ0) is 16.5. The van der Waals surface area contributed by atoms with Crippen molar-refractivity contribution in [1.29, 1.82) is 0 Å². The number of carbonyl (C=O) groups is 1. The summed E-state index contributed by atoms with van der Waals surface area (Å²) in [5, 5.41) is 9.76. The van der Waals surface area contributed by atoms with Gasteiger partial charge in [0.15, 0.2) is 11.6 Å². The number of H-pyrrole nitrogens is 1. The quantitative estimate of drug-likeness (QED) is 0.716. The highest BCUT2D eigenvalue weighted by Crippen LogP contribution is 2.40. The van der Waals surface area contributed by atoms with Gasteiger partial charge in [-0.2, -0.15) is 5.10 Å². The van der Waals surface area contributed by atoms with Gasteiger partial charge in [0.25, 0.3) is 0 Å². The Morgan fingerprint density at radius 3 is 3.00 bits per heavy atom. The molecule has 0 saturated carbocycles. The number of nitrogens with one attached hydrogen (secondary N) is 1. The van der Waals surface area contributed by atoms with Crippen molar-refractivity contribution in [2.45, 2.75) is 30.4 Å². The Morgan fingerprint density at radius 1 is 1.33 bits per heavy atom. The van der Waals surface area contributed by atoms with E-state index in [2.05, 4.69) is 33.2 Å². The van der Waals surface area contributed by atoms with Gasteiger partial charge in [0.1, 0.15) is 11.3 Å². The molecule has 3 aromatic rings. The van der Waals surface area contributed by atoms with E-state index in [1.165, 1.54) is 0 Å². The number of fused-ring (bicyclic) bond motifs is 1. The first kappa shape index (κ1) is 15.5. The summed E-state index contributed by atoms with van der Waals surface area (Å²) in [6.45, 7) is 2.14. The second-order valence-electron chi connectivity index (χ2n) is 5.94. The van der Waals surface area contributed by atoms with Crippen LogP contribution in [0.15, 0.2) is 34.9 Å². The Labute approximate surface area is 147 Å². The minimum atomic E-state index is 0.236. The van der Waals surface area contributed by atoms with Gasteiger partial charge in [0.05, 0.1) is 5.75 Å². The Balaban J connectivity index is 1.75. The van der Waals surface area contributed by atoms with Gasteiger partial charge in [-0.3, -0.25) is 9.89 Å². The number of thioether (sulfide) groups is 1. The summed E-state index contributed by atoms with van der Waals surface area (Å²) in [7, 11) is 0. The highest BCUT2D eigenvalue weighted by Gasteiger charge is 2.28. The number of carbonyl (C=O) groups excluding carboxylic acids is 1. The predicted molar refractivity (Wildman–Crippen MR) is 95.3 cm³/mol. The van der Waals surface area contributed by atoms with Gasteiger partial charge >= 0.3 is 0 Å². The van der Waals surface area contributed by atoms with Crippen LogP contribution in [0.1, 0.15) is 35.1 Å². The van der Waals surface area contributed by atoms with Crippen LogP contribution in [0.5, 0.6) is 0 Å². The molecule has 0 fully saturated rings. The third kappa shape index (κ3) is 2.89. The normalized spacial score (nSPS) is 17.0. The molecule has 1 aliphatic rings. The lowest BCUT2D eigenvalue weighted by Gasteiger charge is -2.24. The highest BCUT2D eigenvalue weighted by molar-refractivity contribution is 7.98. The minimum absolute atomic E-state index is 0.236. The number of Topliss-reactive ketones (excluding diaryl/α,β-unsaturated/α-hetero) is 1. The molecular weight excluding hydrogens is 340 g/mol. The van der Waals surface area contributed by atoms with Crippen LogP contribution in [0.4, 0.5) is 0 Å². The van der Waals surface area contributed by atoms with Crippen LogP contribution in [-0.4, -0.2) is 25.9 Å². The molecule has 0 radical (unpaired) electrons. The molecule has 2 heterocycles. The van der Waals surface area contributed by atoms with Gasteiger partial charge in [-0.25, -0.2) is 9.97 Å². The van der Waals surface area contributed by atoms with E-state index in [-0.39, 0.29) is 5.78 Å². The SMILES string of the molecule is CC1CC(=O)c2c(SCc3nc[nH]n3)ccc(-c3nccs3)c2C1. The molecule has 0 bridgehead atoms. The average Bonchev–Trinajstić information content (AvgIpc) is 3.26. The van der Waals surface area contributed by atoms with Crippen molar-refractivity contribution < 1.29 is 4.79 Å². The van der Waals surface area contributed by atoms with Gasteiger partial charge in [-0.1, -0.05) is 13.0 Å². The first-order chi connectivity index (χ1) is 11.7. The molecule has 0 spiro atoms. The topological polar surface area (TPSA) is 71.5 Å². The molecule has 1 N–H and O–H groups in total. The van der Waals surface area contributed by atoms with E-state index < -0.39 is 0 Å². The van der Waals surface area contributed by atoms with E-state index in [0.717, 1.165) is 38.8 Å². The molecule has 1 unspecified atom stereocenters. The van der Waals surface area contributed by atoms with Crippen molar-refractivity contribution in [3.05, 3.63) is 47.0 Å². The number of ketones is 1. The van der Waals surface area contributed by atoms with Crippen LogP contribution < -0.4 is 0 Å². The molecule has 0 amide bonds. The Kier molecular flexibility index (Phi) is 4.20. The van der Waals surface area contributed by atoms with Gasteiger partial charge < -0.3 is 0 Å². The second kappa shape index (κ2) is 6.49. The number of aromatic nitrogens is 4. The first-order valence-electron chi connectivity index (χ1n) is 7.78. The zero-order valence-corrected chi connectivity index (χ0v) is 14.8. The largest absolute Gasteiger partial charge is 0.294 e. The summed E-state index contributed by atoms with van der Waals surface area (Å²) in [5.74, 6) is 2.00. The van der Waals surface area contributed by atoms with E-state index in [4.69, 9.17) is 0 Å². The molecule has 2 aromatic heterocycles. The fraction of sp³-hybridized carbons (Fsp3) is 0.294. The summed E-state index contributed by atoms with van der Waals surface area (Å²) in [6.07, 6.45) is 4.92. The van der Waals surface area contributed by atoms with Gasteiger partial charge in [-0.15, -0.1) is 23.1 Å². The third-order valence-electron chi connectivity index (χ3n) is 4.12. The molecule has 24 heavy (non-hydrogen) atoms. The van der Waals surface area contributed by atoms with E-state index in [0.29, 0.717) is 18.1 Å². The summed E-state index contributed by atoms with van der Waals surface area (Å²) in [5.41, 5.74) is 3.12. The maximum absolute atomic E-state index is 12.7. The smallest absolute Gasteiger partial charge is 0.164 e. The van der Waals surface area contributed by atoms with Crippen molar-refractivity contribution >= 4 is 28.9 Å². The fourth-order valence-corrected chi connectivity index (χ4v) is 4.77. The van der Waals surface area contributed by atoms with Crippen molar-refractivity contribution in [1.82, 2.24) is 20.2 Å². The molecule has 7 heteroatoms. The third-order valence-corrected chi connectivity index (χ3v) is 5.98. The van der Waals surface area contributed by atoms with Crippen LogP contribution in [0.25, 0.3) is 10.6 Å². The number of hydrogen-bond acceptors (Lipinski definition) is 6. The van der Waals surface area contributed by atoms with Crippen molar-refractivity contribution in [3.63, 3.8) is 0 Å². The summed E-state index contributed by atoms with van der Waals surface area (Å²) < 4.78 is 0. The van der Waals surface area contributed by atoms with Gasteiger partial charge in [-0.05, 0) is 24.0 Å². The number of aromatic amines is 1. The standard InChI is InChI=1S/C17H16N4OS2/c1-10-6-12-11(17-18-4-5-23-17)2-3-14(16(12)13(22)7-10)24-8-15-19-9-20-21-15/h2-5,9-10H,6-8H2,1H3,(H,19,20,21). The average molecular weight is 356 g/mol. The number of rotatable bonds is 4. The van der Waals surface area contributed by atoms with Gasteiger partial charge in [0.2, 0.25) is 0 Å². The van der Waals surface area contributed by atoms with E-state index in [1.807, 2.05) is 17.6 Å². The molecule has 122 valence electrons. The summed E-state index contributed by atoms with van der Waals surface area (Å²) in [4.78, 5) is 22.3. The minimum Gasteiger partial charge on any atom is -0.294 e. The summed E-state index contributed by atoms with van der Waals surface area (Å²) in [6, 6.07) is 4.14. The number of thiazole rings is 1. The van der Waals surface area contributed by atoms with Gasteiger partial charge in [0, 0.05) is 34.0 Å². The van der Waals surface area contributed by atoms with Crippen LogP contribution in [-0.2, 0) is 12.2 Å². The molecular formula is C17H16N4OS2. The maximum Gasteiger partial charge on any atom is 0.164 e. The van der Waals surface area contributed by atoms with E-state index >= 15 is 0 Å². The van der Waals surface area contributed by atoms with E-state index in [9.17, 15) is 4.79 Å². The molecule has 5 nitrogen and oxygen atoms in total. The first-order valence-corrected chi connectivity index (χ1v) is 9.65. The van der Waals surface area contributed by atoms with Crippen LogP contribution in [0, 0.1) is 5.92 Å². The lowest BCUT2D eigenvalue weighted by atomic mass is 9.82. The van der Waals surface area contributed by atoms with Crippen molar-refractivity contribution in [3.8, 4) is 10.6 Å².